The fourth-order valence-corrected chi connectivity index (χ4v) is 2.93. The Hall–Kier alpha value is -1.16. The first-order valence-electron chi connectivity index (χ1n) is 7.07. The molecule has 1 aromatic heterocycles. The zero-order valence-corrected chi connectivity index (χ0v) is 11.1. The van der Waals surface area contributed by atoms with Crippen LogP contribution in [-0.2, 0) is 12.8 Å². The molecular formula is C14H22N4. The normalized spacial score (nSPS) is 25.0. The lowest BCUT2D eigenvalue weighted by atomic mass is 9.89. The predicted molar refractivity (Wildman–Crippen MR) is 72.6 cm³/mol. The summed E-state index contributed by atoms with van der Waals surface area (Å²) in [4.78, 5) is 11.6. The van der Waals surface area contributed by atoms with Crippen molar-refractivity contribution in [1.29, 1.82) is 0 Å². The Kier molecular flexibility index (Phi) is 3.20. The Morgan fingerprint density at radius 1 is 1.28 bits per heavy atom. The largest absolute Gasteiger partial charge is 0.341 e. The Balaban J connectivity index is 1.78. The molecular weight excluding hydrogens is 224 g/mol. The molecule has 1 saturated heterocycles. The van der Waals surface area contributed by atoms with E-state index in [1.54, 1.807) is 0 Å². The van der Waals surface area contributed by atoms with Crippen LogP contribution in [0.4, 0.5) is 5.95 Å². The van der Waals surface area contributed by atoms with Gasteiger partial charge in [-0.3, -0.25) is 0 Å². The van der Waals surface area contributed by atoms with E-state index in [9.17, 15) is 0 Å². The number of nitrogens with zero attached hydrogens (tertiary/aromatic N) is 3. The maximum atomic E-state index is 5.93. The number of hydrogen-bond donors (Lipinski definition) is 1. The summed E-state index contributed by atoms with van der Waals surface area (Å²) in [5.74, 6) is 1.69. The molecule has 0 spiro atoms. The molecule has 0 aromatic carbocycles. The van der Waals surface area contributed by atoms with E-state index < -0.39 is 0 Å². The number of rotatable bonds is 1. The molecule has 0 amide bonds. The molecule has 1 aromatic rings. The minimum Gasteiger partial charge on any atom is -0.341 e. The molecule has 2 heterocycles. The summed E-state index contributed by atoms with van der Waals surface area (Å²) < 4.78 is 0. The topological polar surface area (TPSA) is 55.0 Å². The maximum absolute atomic E-state index is 5.93. The monoisotopic (exact) mass is 246 g/mol. The van der Waals surface area contributed by atoms with Gasteiger partial charge in [0.25, 0.3) is 0 Å². The Labute approximate surface area is 109 Å². The molecule has 0 saturated carbocycles. The van der Waals surface area contributed by atoms with Gasteiger partial charge in [-0.05, 0) is 43.6 Å². The van der Waals surface area contributed by atoms with E-state index in [4.69, 9.17) is 10.7 Å². The highest BCUT2D eigenvalue weighted by molar-refractivity contribution is 5.35. The maximum Gasteiger partial charge on any atom is 0.225 e. The number of hydrogen-bond acceptors (Lipinski definition) is 4. The molecule has 0 radical (unpaired) electrons. The highest BCUT2D eigenvalue weighted by Crippen LogP contribution is 2.25. The molecule has 4 nitrogen and oxygen atoms in total. The van der Waals surface area contributed by atoms with Crippen molar-refractivity contribution in [1.82, 2.24) is 9.97 Å². The number of piperidine rings is 1. The van der Waals surface area contributed by atoms with Crippen LogP contribution in [0.2, 0.25) is 0 Å². The number of fused-ring (bicyclic) bond motifs is 1. The van der Waals surface area contributed by atoms with Crippen LogP contribution >= 0.6 is 0 Å². The van der Waals surface area contributed by atoms with E-state index in [1.165, 1.54) is 17.7 Å². The first-order valence-corrected chi connectivity index (χ1v) is 7.07. The molecule has 1 aliphatic heterocycles. The number of nitrogens with two attached hydrogens (primary N) is 1. The van der Waals surface area contributed by atoms with Gasteiger partial charge in [0, 0.05) is 31.0 Å². The van der Waals surface area contributed by atoms with Crippen molar-refractivity contribution < 1.29 is 0 Å². The van der Waals surface area contributed by atoms with Gasteiger partial charge in [0.2, 0.25) is 5.95 Å². The van der Waals surface area contributed by atoms with Gasteiger partial charge >= 0.3 is 0 Å². The minimum absolute atomic E-state index is 0.361. The summed E-state index contributed by atoms with van der Waals surface area (Å²) >= 11 is 0. The molecule has 2 N–H and O–H groups in total. The summed E-state index contributed by atoms with van der Waals surface area (Å²) in [7, 11) is 0. The molecule has 1 unspecified atom stereocenters. The molecule has 1 fully saturated rings. The van der Waals surface area contributed by atoms with E-state index in [0.717, 1.165) is 50.6 Å². The van der Waals surface area contributed by atoms with Crippen molar-refractivity contribution in [2.75, 3.05) is 18.0 Å². The number of aryl methyl sites for hydroxylation is 1. The van der Waals surface area contributed by atoms with Crippen LogP contribution in [0.1, 0.15) is 37.4 Å². The van der Waals surface area contributed by atoms with Crippen LogP contribution in [-0.4, -0.2) is 29.1 Å². The third-order valence-electron chi connectivity index (χ3n) is 4.21. The quantitative estimate of drug-likeness (QED) is 0.816. The highest BCUT2D eigenvalue weighted by Gasteiger charge is 2.21. The van der Waals surface area contributed by atoms with E-state index in [-0.39, 0.29) is 0 Å². The minimum atomic E-state index is 0.361. The molecule has 98 valence electrons. The van der Waals surface area contributed by atoms with Crippen molar-refractivity contribution in [3.05, 3.63) is 17.5 Å². The van der Waals surface area contributed by atoms with Crippen LogP contribution in [0, 0.1) is 5.92 Å². The lowest BCUT2D eigenvalue weighted by Crippen LogP contribution is -2.40. The van der Waals surface area contributed by atoms with Crippen LogP contribution in [0.5, 0.6) is 0 Å². The predicted octanol–water partition coefficient (Wildman–Crippen LogP) is 1.53. The zero-order valence-electron chi connectivity index (χ0n) is 11.1. The van der Waals surface area contributed by atoms with Gasteiger partial charge in [-0.2, -0.15) is 0 Å². The van der Waals surface area contributed by atoms with Crippen molar-refractivity contribution in [2.24, 2.45) is 11.7 Å². The third-order valence-corrected chi connectivity index (χ3v) is 4.21. The SMILES string of the molecule is CC1CCc2nc(N3CCC(N)CC3)ncc2C1. The van der Waals surface area contributed by atoms with Crippen molar-refractivity contribution in [3.63, 3.8) is 0 Å². The highest BCUT2D eigenvalue weighted by atomic mass is 15.3. The molecule has 0 bridgehead atoms. The van der Waals surface area contributed by atoms with Crippen molar-refractivity contribution in [2.45, 2.75) is 45.1 Å². The average Bonchev–Trinajstić information content (AvgIpc) is 2.39. The van der Waals surface area contributed by atoms with E-state index >= 15 is 0 Å². The first-order chi connectivity index (χ1) is 8.72. The Morgan fingerprint density at radius 2 is 2.06 bits per heavy atom. The van der Waals surface area contributed by atoms with Crippen LogP contribution in [0.25, 0.3) is 0 Å². The fraction of sp³-hybridized carbons (Fsp3) is 0.714. The number of aromatic nitrogens is 2. The average molecular weight is 246 g/mol. The lowest BCUT2D eigenvalue weighted by molar-refractivity contribution is 0.481. The number of anilines is 1. The Bertz CT molecular complexity index is 424. The second-order valence-corrected chi connectivity index (χ2v) is 5.81. The molecule has 4 heteroatoms. The van der Waals surface area contributed by atoms with E-state index in [2.05, 4.69) is 16.8 Å². The molecule has 18 heavy (non-hydrogen) atoms. The molecule has 1 aliphatic carbocycles. The van der Waals surface area contributed by atoms with E-state index in [1.807, 2.05) is 6.20 Å². The van der Waals surface area contributed by atoms with Crippen LogP contribution in [0.3, 0.4) is 0 Å². The summed E-state index contributed by atoms with van der Waals surface area (Å²) in [5.41, 5.74) is 8.56. The van der Waals surface area contributed by atoms with Crippen LogP contribution < -0.4 is 10.6 Å². The summed E-state index contributed by atoms with van der Waals surface area (Å²) in [6.45, 7) is 4.30. The summed E-state index contributed by atoms with van der Waals surface area (Å²) in [5, 5.41) is 0. The molecule has 2 aliphatic rings. The third kappa shape index (κ3) is 2.34. The second-order valence-electron chi connectivity index (χ2n) is 5.81. The van der Waals surface area contributed by atoms with Gasteiger partial charge in [-0.15, -0.1) is 0 Å². The van der Waals surface area contributed by atoms with Gasteiger partial charge in [0.05, 0.1) is 0 Å². The van der Waals surface area contributed by atoms with E-state index in [0.29, 0.717) is 6.04 Å². The Morgan fingerprint density at radius 3 is 2.83 bits per heavy atom. The van der Waals surface area contributed by atoms with Gasteiger partial charge in [0.15, 0.2) is 0 Å². The fourth-order valence-electron chi connectivity index (χ4n) is 2.93. The standard InChI is InChI=1S/C14H22N4/c1-10-2-3-13-11(8-10)9-16-14(17-13)18-6-4-12(15)5-7-18/h9-10,12H,2-8,15H2,1H3. The summed E-state index contributed by atoms with van der Waals surface area (Å²) in [6.07, 6.45) is 7.66. The van der Waals surface area contributed by atoms with Crippen molar-refractivity contribution in [3.8, 4) is 0 Å². The summed E-state index contributed by atoms with van der Waals surface area (Å²) in [6, 6.07) is 0.361. The van der Waals surface area contributed by atoms with Gasteiger partial charge < -0.3 is 10.6 Å². The molecule has 3 rings (SSSR count). The second kappa shape index (κ2) is 4.84. The van der Waals surface area contributed by atoms with Gasteiger partial charge in [-0.25, -0.2) is 9.97 Å². The smallest absolute Gasteiger partial charge is 0.225 e. The van der Waals surface area contributed by atoms with Gasteiger partial charge in [-0.1, -0.05) is 6.92 Å². The first kappa shape index (κ1) is 11.9. The lowest BCUT2D eigenvalue weighted by Gasteiger charge is -2.31. The zero-order chi connectivity index (χ0) is 12.5. The van der Waals surface area contributed by atoms with Gasteiger partial charge in [0.1, 0.15) is 0 Å². The molecule has 1 atom stereocenters. The van der Waals surface area contributed by atoms with Crippen molar-refractivity contribution >= 4 is 5.95 Å². The van der Waals surface area contributed by atoms with Crippen LogP contribution in [0.15, 0.2) is 6.20 Å².